The van der Waals surface area contributed by atoms with Gasteiger partial charge in [0.2, 0.25) is 0 Å². The maximum absolute atomic E-state index is 11.5. The number of ether oxygens (including phenoxy) is 2. The van der Waals surface area contributed by atoms with Gasteiger partial charge in [-0.15, -0.1) is 0 Å². The number of methoxy groups -OCH3 is 2. The zero-order valence-electron chi connectivity index (χ0n) is 11.0. The smallest absolute Gasteiger partial charge is 0.337 e. The summed E-state index contributed by atoms with van der Waals surface area (Å²) in [6.07, 6.45) is 0. The van der Waals surface area contributed by atoms with E-state index in [9.17, 15) is 4.79 Å². The van der Waals surface area contributed by atoms with Gasteiger partial charge in [-0.05, 0) is 39.1 Å². The summed E-state index contributed by atoms with van der Waals surface area (Å²) in [6, 6.07) is 5.27. The summed E-state index contributed by atoms with van der Waals surface area (Å²) >= 11 is 0. The first-order valence-electron chi connectivity index (χ1n) is 5.42. The summed E-state index contributed by atoms with van der Waals surface area (Å²) in [5, 5.41) is 3.18. The molecule has 94 valence electrons. The van der Waals surface area contributed by atoms with Crippen molar-refractivity contribution in [2.24, 2.45) is 0 Å². The molecule has 0 spiro atoms. The molecule has 1 aromatic carbocycles. The molecule has 0 aromatic heterocycles. The Bertz CT molecular complexity index is 413. The summed E-state index contributed by atoms with van der Waals surface area (Å²) in [5.41, 5.74) is 1.16. The van der Waals surface area contributed by atoms with Crippen molar-refractivity contribution in [1.82, 2.24) is 5.32 Å². The topological polar surface area (TPSA) is 47.6 Å². The average molecular weight is 237 g/mol. The van der Waals surface area contributed by atoms with Gasteiger partial charge in [-0.25, -0.2) is 4.79 Å². The minimum Gasteiger partial charge on any atom is -0.496 e. The third kappa shape index (κ3) is 2.77. The second-order valence-electron chi connectivity index (χ2n) is 4.28. The predicted molar refractivity (Wildman–Crippen MR) is 66.4 cm³/mol. The van der Waals surface area contributed by atoms with Crippen molar-refractivity contribution < 1.29 is 14.3 Å². The number of rotatable bonds is 4. The molecule has 1 aromatic rings. The van der Waals surface area contributed by atoms with Gasteiger partial charge >= 0.3 is 5.97 Å². The fraction of sp³-hybridized carbons (Fsp3) is 0.462. The van der Waals surface area contributed by atoms with Gasteiger partial charge in [-0.1, -0.05) is 0 Å². The molecule has 0 saturated carbocycles. The van der Waals surface area contributed by atoms with Gasteiger partial charge in [0.1, 0.15) is 5.75 Å². The molecule has 0 saturated heterocycles. The van der Waals surface area contributed by atoms with E-state index in [1.165, 1.54) is 7.11 Å². The van der Waals surface area contributed by atoms with E-state index in [4.69, 9.17) is 9.47 Å². The van der Waals surface area contributed by atoms with Crippen LogP contribution in [0, 0.1) is 0 Å². The molecule has 0 fully saturated rings. The van der Waals surface area contributed by atoms with Crippen molar-refractivity contribution in [1.29, 1.82) is 0 Å². The Morgan fingerprint density at radius 3 is 2.41 bits per heavy atom. The molecular weight excluding hydrogens is 218 g/mol. The Balaban J connectivity index is 3.29. The molecule has 1 N–H and O–H groups in total. The van der Waals surface area contributed by atoms with Crippen LogP contribution < -0.4 is 10.1 Å². The summed E-state index contributed by atoms with van der Waals surface area (Å²) in [6.45, 7) is 4.04. The summed E-state index contributed by atoms with van der Waals surface area (Å²) in [7, 11) is 4.85. The first-order valence-corrected chi connectivity index (χ1v) is 5.42. The molecule has 4 nitrogen and oxygen atoms in total. The molecule has 0 radical (unpaired) electrons. The van der Waals surface area contributed by atoms with Gasteiger partial charge in [0, 0.05) is 11.1 Å². The van der Waals surface area contributed by atoms with Gasteiger partial charge in [0.25, 0.3) is 0 Å². The monoisotopic (exact) mass is 237 g/mol. The van der Waals surface area contributed by atoms with Crippen LogP contribution >= 0.6 is 0 Å². The fourth-order valence-electron chi connectivity index (χ4n) is 1.58. The first-order chi connectivity index (χ1) is 7.96. The van der Waals surface area contributed by atoms with Crippen molar-refractivity contribution >= 4 is 5.97 Å². The highest BCUT2D eigenvalue weighted by Crippen LogP contribution is 2.30. The third-order valence-electron chi connectivity index (χ3n) is 2.92. The SMILES string of the molecule is CNC(C)(C)c1cc(C(=O)OC)ccc1OC. The van der Waals surface area contributed by atoms with Crippen LogP contribution in [0.15, 0.2) is 18.2 Å². The molecule has 0 aliphatic rings. The van der Waals surface area contributed by atoms with Gasteiger partial charge in [-0.3, -0.25) is 0 Å². The molecule has 1 rings (SSSR count). The number of carbonyl (C=O) groups is 1. The van der Waals surface area contributed by atoms with Crippen molar-refractivity contribution in [3.63, 3.8) is 0 Å². The van der Waals surface area contributed by atoms with Crippen molar-refractivity contribution in [3.8, 4) is 5.75 Å². The quantitative estimate of drug-likeness (QED) is 0.813. The van der Waals surface area contributed by atoms with Crippen LogP contribution in [0.2, 0.25) is 0 Å². The maximum atomic E-state index is 11.5. The highest BCUT2D eigenvalue weighted by atomic mass is 16.5. The van der Waals surface area contributed by atoms with E-state index in [0.29, 0.717) is 5.56 Å². The van der Waals surface area contributed by atoms with E-state index >= 15 is 0 Å². The van der Waals surface area contributed by atoms with Crippen LogP contribution in [-0.2, 0) is 10.3 Å². The molecule has 0 heterocycles. The fourth-order valence-corrected chi connectivity index (χ4v) is 1.58. The Morgan fingerprint density at radius 1 is 1.29 bits per heavy atom. The lowest BCUT2D eigenvalue weighted by atomic mass is 9.92. The van der Waals surface area contributed by atoms with E-state index in [2.05, 4.69) is 5.32 Å². The molecule has 0 unspecified atom stereocenters. The molecule has 0 atom stereocenters. The molecule has 0 amide bonds. The van der Waals surface area contributed by atoms with Crippen molar-refractivity contribution in [3.05, 3.63) is 29.3 Å². The Labute approximate surface area is 102 Å². The number of nitrogens with one attached hydrogen (secondary N) is 1. The van der Waals surface area contributed by atoms with Gasteiger partial charge in [0.15, 0.2) is 0 Å². The third-order valence-corrected chi connectivity index (χ3v) is 2.92. The minimum atomic E-state index is -0.346. The van der Waals surface area contributed by atoms with E-state index in [0.717, 1.165) is 11.3 Å². The number of esters is 1. The Kier molecular flexibility index (Phi) is 4.12. The van der Waals surface area contributed by atoms with E-state index < -0.39 is 0 Å². The predicted octanol–water partition coefficient (Wildman–Crippen LogP) is 1.94. The summed E-state index contributed by atoms with van der Waals surface area (Å²) in [4.78, 5) is 11.5. The number of carbonyl (C=O) groups excluding carboxylic acids is 1. The molecule has 0 aliphatic heterocycles. The number of benzene rings is 1. The summed E-state index contributed by atoms with van der Waals surface area (Å²) in [5.74, 6) is 0.401. The standard InChI is InChI=1S/C13H19NO3/c1-13(2,14-3)10-8-9(12(15)17-5)6-7-11(10)16-4/h6-8,14H,1-5H3. The molecule has 4 heteroatoms. The van der Waals surface area contributed by atoms with Crippen molar-refractivity contribution in [2.75, 3.05) is 21.3 Å². The largest absolute Gasteiger partial charge is 0.496 e. The highest BCUT2D eigenvalue weighted by Gasteiger charge is 2.23. The van der Waals surface area contributed by atoms with Crippen LogP contribution in [0.4, 0.5) is 0 Å². The number of hydrogen-bond acceptors (Lipinski definition) is 4. The normalized spacial score (nSPS) is 11.1. The van der Waals surface area contributed by atoms with Gasteiger partial charge in [-0.2, -0.15) is 0 Å². The maximum Gasteiger partial charge on any atom is 0.337 e. The molecular formula is C13H19NO3. The van der Waals surface area contributed by atoms with Crippen LogP contribution in [-0.4, -0.2) is 27.2 Å². The van der Waals surface area contributed by atoms with E-state index in [1.807, 2.05) is 20.9 Å². The second kappa shape index (κ2) is 5.19. The second-order valence-corrected chi connectivity index (χ2v) is 4.28. The van der Waals surface area contributed by atoms with Crippen LogP contribution in [0.1, 0.15) is 29.8 Å². The van der Waals surface area contributed by atoms with Crippen molar-refractivity contribution in [2.45, 2.75) is 19.4 Å². The van der Waals surface area contributed by atoms with Crippen LogP contribution in [0.5, 0.6) is 5.75 Å². The average Bonchev–Trinajstić information content (AvgIpc) is 2.36. The molecule has 17 heavy (non-hydrogen) atoms. The lowest BCUT2D eigenvalue weighted by molar-refractivity contribution is 0.0600. The minimum absolute atomic E-state index is 0.282. The zero-order valence-corrected chi connectivity index (χ0v) is 11.0. The van der Waals surface area contributed by atoms with Gasteiger partial charge in [0.05, 0.1) is 19.8 Å². The molecule has 0 bridgehead atoms. The number of hydrogen-bond donors (Lipinski definition) is 1. The lowest BCUT2D eigenvalue weighted by Gasteiger charge is -2.27. The molecule has 0 aliphatic carbocycles. The van der Waals surface area contributed by atoms with E-state index in [1.54, 1.807) is 25.3 Å². The van der Waals surface area contributed by atoms with Crippen LogP contribution in [0.3, 0.4) is 0 Å². The first kappa shape index (κ1) is 13.5. The lowest BCUT2D eigenvalue weighted by Crippen LogP contribution is -2.33. The van der Waals surface area contributed by atoms with Crippen LogP contribution in [0.25, 0.3) is 0 Å². The Morgan fingerprint density at radius 2 is 1.94 bits per heavy atom. The zero-order chi connectivity index (χ0) is 13.1. The summed E-state index contributed by atoms with van der Waals surface area (Å²) < 4.78 is 10.0. The van der Waals surface area contributed by atoms with E-state index in [-0.39, 0.29) is 11.5 Å². The van der Waals surface area contributed by atoms with Gasteiger partial charge < -0.3 is 14.8 Å². The Hall–Kier alpha value is -1.55. The highest BCUT2D eigenvalue weighted by molar-refractivity contribution is 5.89.